The van der Waals surface area contributed by atoms with E-state index in [-0.39, 0.29) is 5.78 Å². The Morgan fingerprint density at radius 1 is 0.464 bits per heavy atom. The second-order valence-corrected chi connectivity index (χ2v) is 17.0. The van der Waals surface area contributed by atoms with Gasteiger partial charge in [0.1, 0.15) is 11.6 Å². The quantitative estimate of drug-likeness (QED) is 0.0768. The summed E-state index contributed by atoms with van der Waals surface area (Å²) >= 11 is 0. The van der Waals surface area contributed by atoms with Gasteiger partial charge >= 0.3 is 23.9 Å². The summed E-state index contributed by atoms with van der Waals surface area (Å²) in [5, 5.41) is 37.8. The lowest BCUT2D eigenvalue weighted by Crippen LogP contribution is -2.09. The molecule has 4 N–H and O–H groups in total. The van der Waals surface area contributed by atoms with Crippen LogP contribution in [0.3, 0.4) is 0 Å². The smallest absolute Gasteiger partial charge is 0.310 e. The molecule has 0 aromatic heterocycles. The first-order valence-corrected chi connectivity index (χ1v) is 22.4. The van der Waals surface area contributed by atoms with E-state index < -0.39 is 53.4 Å². The van der Waals surface area contributed by atoms with Gasteiger partial charge in [-0.1, -0.05) is 153 Å². The molecule has 0 aliphatic heterocycles. The van der Waals surface area contributed by atoms with Crippen LogP contribution in [0.4, 0.5) is 4.39 Å². The molecule has 0 fully saturated rings. The minimum absolute atomic E-state index is 0.0972. The van der Waals surface area contributed by atoms with Gasteiger partial charge < -0.3 is 25.2 Å². The highest BCUT2D eigenvalue weighted by atomic mass is 19.1. The van der Waals surface area contributed by atoms with Gasteiger partial charge in [0.05, 0.1) is 30.8 Å². The zero-order chi connectivity index (χ0) is 50.8. The number of ether oxygens (including phenoxy) is 1. The Balaban J connectivity index is 0.000000201. The van der Waals surface area contributed by atoms with Crippen LogP contribution in [0.25, 0.3) is 21.9 Å². The molecule has 4 atom stereocenters. The zero-order valence-electron chi connectivity index (χ0n) is 39.8. The van der Waals surface area contributed by atoms with Crippen LogP contribution in [-0.4, -0.2) is 57.2 Å². The third kappa shape index (κ3) is 15.8. The molecule has 11 heteroatoms. The summed E-state index contributed by atoms with van der Waals surface area (Å²) in [6.07, 6.45) is 1.04. The Bertz CT molecular complexity index is 2820. The molecule has 0 saturated carbocycles. The largest absolute Gasteiger partial charge is 0.497 e. The van der Waals surface area contributed by atoms with Gasteiger partial charge in [0.15, 0.2) is 5.78 Å². The molecule has 10 nitrogen and oxygen atoms in total. The second kappa shape index (κ2) is 25.8. The summed E-state index contributed by atoms with van der Waals surface area (Å²) in [5.74, 6) is -4.72. The highest BCUT2D eigenvalue weighted by Crippen LogP contribution is 2.28. The number of carbonyl (C=O) groups is 5. The van der Waals surface area contributed by atoms with Gasteiger partial charge in [0.25, 0.3) is 0 Å². The van der Waals surface area contributed by atoms with Crippen LogP contribution in [0, 0.1) is 11.7 Å². The van der Waals surface area contributed by atoms with E-state index >= 15 is 0 Å². The summed E-state index contributed by atoms with van der Waals surface area (Å²) in [6, 6.07) is 48.8. The van der Waals surface area contributed by atoms with E-state index in [1.807, 2.05) is 97.1 Å². The van der Waals surface area contributed by atoms with Crippen LogP contribution in [0.2, 0.25) is 0 Å². The molecule has 0 heterocycles. The number of aliphatic carboxylic acids is 4. The predicted molar refractivity (Wildman–Crippen MR) is 268 cm³/mol. The molecule has 7 rings (SSSR count). The van der Waals surface area contributed by atoms with Gasteiger partial charge in [-0.2, -0.15) is 0 Å². The Morgan fingerprint density at radius 3 is 1.43 bits per heavy atom. The van der Waals surface area contributed by atoms with E-state index in [4.69, 9.17) is 25.2 Å². The third-order valence-electron chi connectivity index (χ3n) is 11.4. The molecule has 0 radical (unpaired) electrons. The molecule has 358 valence electrons. The summed E-state index contributed by atoms with van der Waals surface area (Å²) in [7, 11) is 1.63. The van der Waals surface area contributed by atoms with Gasteiger partial charge in [-0.15, -0.1) is 0 Å². The number of ketones is 1. The first kappa shape index (κ1) is 53.7. The van der Waals surface area contributed by atoms with Gasteiger partial charge in [-0.3, -0.25) is 24.0 Å². The predicted octanol–water partition coefficient (Wildman–Crippen LogP) is 12.9. The lowest BCUT2D eigenvalue weighted by atomic mass is 9.96. The average Bonchev–Trinajstić information content (AvgIpc) is 3.35. The first-order valence-electron chi connectivity index (χ1n) is 22.4. The Morgan fingerprint density at radius 2 is 0.913 bits per heavy atom. The van der Waals surface area contributed by atoms with Crippen LogP contribution in [0.1, 0.15) is 109 Å². The van der Waals surface area contributed by atoms with Gasteiger partial charge in [0, 0.05) is 16.7 Å². The first-order chi connectivity index (χ1) is 32.8. The van der Waals surface area contributed by atoms with Gasteiger partial charge in [-0.25, -0.2) is 4.39 Å². The maximum Gasteiger partial charge on any atom is 0.310 e. The fourth-order valence-electron chi connectivity index (χ4n) is 6.98. The molecule has 7 aromatic carbocycles. The number of fused-ring (bicyclic) bond motifs is 1. The lowest BCUT2D eigenvalue weighted by molar-refractivity contribution is -0.139. The highest BCUT2D eigenvalue weighted by molar-refractivity contribution is 6.09. The van der Waals surface area contributed by atoms with Crippen molar-refractivity contribution < 1.29 is 53.5 Å². The summed E-state index contributed by atoms with van der Waals surface area (Å²) in [5.41, 5.74) is 6.44. The Hall–Kier alpha value is -7.92. The van der Waals surface area contributed by atoms with Gasteiger partial charge in [0.2, 0.25) is 0 Å². The normalized spacial score (nSPS) is 12.2. The van der Waals surface area contributed by atoms with Crippen molar-refractivity contribution in [1.29, 1.82) is 0 Å². The monoisotopic (exact) mass is 934 g/mol. The molecule has 7 aromatic rings. The van der Waals surface area contributed by atoms with Crippen LogP contribution >= 0.6 is 0 Å². The van der Waals surface area contributed by atoms with Crippen molar-refractivity contribution >= 4 is 40.4 Å². The van der Waals surface area contributed by atoms with Crippen LogP contribution < -0.4 is 4.74 Å². The van der Waals surface area contributed by atoms with Gasteiger partial charge in [-0.05, 0) is 108 Å². The minimum atomic E-state index is -0.957. The number of carboxylic acids is 4. The number of hydrogen-bond donors (Lipinski definition) is 4. The molecular weight excluding hydrogens is 876 g/mol. The highest BCUT2D eigenvalue weighted by Gasteiger charge is 2.18. The molecule has 0 amide bonds. The fraction of sp³-hybridized carbons (Fsp3) is 0.224. The molecule has 0 aliphatic carbocycles. The van der Waals surface area contributed by atoms with Crippen molar-refractivity contribution in [2.45, 2.75) is 71.6 Å². The SMILES string of the molecule is CC(C(=O)O)c1ccc(-c2ccccc2)c(F)c1.CC(C(=O)O)c1cccc(C(=O)c2ccccc2)c1.CC(C)Cc1ccc(C(C)C(=O)O)cc1.COc1ccc2cc(C(C)C(=O)O)ccc2c1. The van der Waals surface area contributed by atoms with Crippen LogP contribution in [-0.2, 0) is 25.6 Å². The average molecular weight is 935 g/mol. The number of halogens is 1. The number of carbonyl (C=O) groups excluding carboxylic acids is 1. The number of methoxy groups -OCH3 is 1. The molecule has 69 heavy (non-hydrogen) atoms. The maximum absolute atomic E-state index is 14.0. The summed E-state index contributed by atoms with van der Waals surface area (Å²) in [6.45, 7) is 10.9. The third-order valence-corrected chi connectivity index (χ3v) is 11.4. The van der Waals surface area contributed by atoms with E-state index in [1.165, 1.54) is 11.6 Å². The van der Waals surface area contributed by atoms with E-state index in [0.29, 0.717) is 33.7 Å². The number of benzene rings is 7. The van der Waals surface area contributed by atoms with Crippen molar-refractivity contribution in [3.63, 3.8) is 0 Å². The van der Waals surface area contributed by atoms with Crippen molar-refractivity contribution in [2.75, 3.05) is 7.11 Å². The van der Waals surface area contributed by atoms with E-state index in [1.54, 1.807) is 95.5 Å². The van der Waals surface area contributed by atoms with Crippen molar-refractivity contribution in [3.8, 4) is 16.9 Å². The Kier molecular flexibility index (Phi) is 20.1. The summed E-state index contributed by atoms with van der Waals surface area (Å²) < 4.78 is 19.1. The standard InChI is InChI=1S/C16H14O3.C15H13FO2.C14H14O3.C13H18O2/c1-11(16(18)19)13-8-5-9-14(10-13)15(17)12-6-3-2-4-7-12;1-10(15(17)18)12-7-8-13(14(16)9-12)11-5-3-2-4-6-11;1-9(14(15)16)10-3-4-12-8-13(17-2)6-5-11(12)7-10;1-9(2)8-11-4-6-12(7-5-11)10(3)13(14)15/h2-11H,1H3,(H,18,19);2-10H,1H3,(H,17,18);3-9H,1-2H3,(H,15,16);4-7,9-10H,8H2,1-3H3,(H,14,15). The van der Waals surface area contributed by atoms with E-state index in [2.05, 4.69) is 13.8 Å². The van der Waals surface area contributed by atoms with E-state index in [0.717, 1.165) is 39.6 Å². The maximum atomic E-state index is 14.0. The number of carboxylic acid groups (broad SMARTS) is 4. The minimum Gasteiger partial charge on any atom is -0.497 e. The van der Waals surface area contributed by atoms with Crippen molar-refractivity contribution in [3.05, 3.63) is 209 Å². The Labute approximate surface area is 402 Å². The van der Waals surface area contributed by atoms with Crippen LogP contribution in [0.15, 0.2) is 164 Å². The van der Waals surface area contributed by atoms with Crippen molar-refractivity contribution in [1.82, 2.24) is 0 Å². The van der Waals surface area contributed by atoms with Crippen molar-refractivity contribution in [2.24, 2.45) is 5.92 Å². The number of rotatable bonds is 14. The second-order valence-electron chi connectivity index (χ2n) is 17.0. The molecule has 4 unspecified atom stereocenters. The topological polar surface area (TPSA) is 175 Å². The molecule has 0 aliphatic rings. The summed E-state index contributed by atoms with van der Waals surface area (Å²) in [4.78, 5) is 55.7. The fourth-order valence-corrected chi connectivity index (χ4v) is 6.98. The zero-order valence-corrected chi connectivity index (χ0v) is 39.8. The van der Waals surface area contributed by atoms with Crippen LogP contribution in [0.5, 0.6) is 5.75 Å². The molecule has 0 saturated heterocycles. The lowest BCUT2D eigenvalue weighted by Gasteiger charge is -2.09. The number of hydrogen-bond acceptors (Lipinski definition) is 6. The van der Waals surface area contributed by atoms with E-state index in [9.17, 15) is 28.4 Å². The molecule has 0 spiro atoms. The molecule has 0 bridgehead atoms. The molecular formula is C58H59FO10.